The molecule has 0 atom stereocenters. The minimum atomic E-state index is -0.337. The van der Waals surface area contributed by atoms with E-state index in [4.69, 9.17) is 27.9 Å². The molecule has 0 N–H and O–H groups in total. The SMILES string of the molecule is CCOC(=O)Cn1ccc2nc(Cl)nc(Cl)c21. The smallest absolute Gasteiger partial charge is 0.325 e. The number of hydrogen-bond acceptors (Lipinski definition) is 4. The van der Waals surface area contributed by atoms with Crippen LogP contribution in [0, 0.1) is 0 Å². The number of esters is 1. The second-order valence-corrected chi connectivity index (χ2v) is 3.96. The molecule has 90 valence electrons. The fourth-order valence-electron chi connectivity index (χ4n) is 1.51. The van der Waals surface area contributed by atoms with E-state index in [9.17, 15) is 4.79 Å². The molecule has 0 aromatic carbocycles. The maximum Gasteiger partial charge on any atom is 0.325 e. The van der Waals surface area contributed by atoms with Crippen molar-refractivity contribution >= 4 is 40.2 Å². The number of halogens is 2. The van der Waals surface area contributed by atoms with Crippen LogP contribution in [0.2, 0.25) is 10.4 Å². The molecule has 0 saturated heterocycles. The van der Waals surface area contributed by atoms with Crippen molar-refractivity contribution in [2.45, 2.75) is 13.5 Å². The summed E-state index contributed by atoms with van der Waals surface area (Å²) in [6, 6.07) is 1.72. The summed E-state index contributed by atoms with van der Waals surface area (Å²) in [6.07, 6.45) is 1.69. The Labute approximate surface area is 107 Å². The number of ether oxygens (including phenoxy) is 1. The van der Waals surface area contributed by atoms with E-state index in [-0.39, 0.29) is 23.0 Å². The van der Waals surface area contributed by atoms with Crippen LogP contribution in [0.3, 0.4) is 0 Å². The number of nitrogens with zero attached hydrogens (tertiary/aromatic N) is 3. The largest absolute Gasteiger partial charge is 0.465 e. The second-order valence-electron chi connectivity index (χ2n) is 3.27. The Morgan fingerprint density at radius 3 is 2.94 bits per heavy atom. The van der Waals surface area contributed by atoms with E-state index in [1.165, 1.54) is 0 Å². The van der Waals surface area contributed by atoms with Gasteiger partial charge in [-0.15, -0.1) is 0 Å². The summed E-state index contributed by atoms with van der Waals surface area (Å²) < 4.78 is 6.49. The van der Waals surface area contributed by atoms with E-state index in [0.29, 0.717) is 17.6 Å². The zero-order valence-electron chi connectivity index (χ0n) is 8.98. The van der Waals surface area contributed by atoms with Gasteiger partial charge < -0.3 is 9.30 Å². The van der Waals surface area contributed by atoms with E-state index < -0.39 is 0 Å². The summed E-state index contributed by atoms with van der Waals surface area (Å²) in [6.45, 7) is 2.16. The highest BCUT2D eigenvalue weighted by molar-refractivity contribution is 6.35. The maximum atomic E-state index is 11.4. The van der Waals surface area contributed by atoms with Gasteiger partial charge in [-0.2, -0.15) is 0 Å². The standard InChI is InChI=1S/C10H9Cl2N3O2/c1-2-17-7(16)5-15-4-3-6-8(15)9(11)14-10(12)13-6/h3-4H,2,5H2,1H3. The first-order valence-electron chi connectivity index (χ1n) is 4.95. The third-order valence-electron chi connectivity index (χ3n) is 2.15. The Balaban J connectivity index is 2.39. The Morgan fingerprint density at radius 1 is 1.47 bits per heavy atom. The molecule has 0 radical (unpaired) electrons. The van der Waals surface area contributed by atoms with Crippen LogP contribution in [0.1, 0.15) is 6.92 Å². The lowest BCUT2D eigenvalue weighted by atomic mass is 10.4. The van der Waals surface area contributed by atoms with Crippen molar-refractivity contribution in [2.75, 3.05) is 6.61 Å². The molecule has 0 fully saturated rings. The normalized spacial score (nSPS) is 10.8. The molecular formula is C10H9Cl2N3O2. The Bertz CT molecular complexity index is 568. The van der Waals surface area contributed by atoms with Crippen LogP contribution in [0.15, 0.2) is 12.3 Å². The first kappa shape index (κ1) is 12.1. The van der Waals surface area contributed by atoms with Crippen molar-refractivity contribution < 1.29 is 9.53 Å². The summed E-state index contributed by atoms with van der Waals surface area (Å²) in [4.78, 5) is 19.2. The highest BCUT2D eigenvalue weighted by Gasteiger charge is 2.12. The molecule has 2 aromatic rings. The van der Waals surface area contributed by atoms with E-state index >= 15 is 0 Å². The van der Waals surface area contributed by atoms with Crippen molar-refractivity contribution in [3.8, 4) is 0 Å². The van der Waals surface area contributed by atoms with Crippen molar-refractivity contribution in [2.24, 2.45) is 0 Å². The van der Waals surface area contributed by atoms with Crippen molar-refractivity contribution in [3.05, 3.63) is 22.7 Å². The van der Waals surface area contributed by atoms with Crippen molar-refractivity contribution in [3.63, 3.8) is 0 Å². The van der Waals surface area contributed by atoms with Crippen LogP contribution in [0.5, 0.6) is 0 Å². The van der Waals surface area contributed by atoms with Gasteiger partial charge in [0.2, 0.25) is 5.28 Å². The maximum absolute atomic E-state index is 11.4. The van der Waals surface area contributed by atoms with Gasteiger partial charge in [-0.1, -0.05) is 11.6 Å². The van der Waals surface area contributed by atoms with Gasteiger partial charge in [0.15, 0.2) is 5.15 Å². The molecule has 2 rings (SSSR count). The monoisotopic (exact) mass is 273 g/mol. The molecule has 0 unspecified atom stereocenters. The zero-order valence-corrected chi connectivity index (χ0v) is 10.5. The lowest BCUT2D eigenvalue weighted by Crippen LogP contribution is -2.12. The molecule has 0 amide bonds. The average molecular weight is 274 g/mol. The van der Waals surface area contributed by atoms with E-state index in [1.807, 2.05) is 0 Å². The molecule has 0 aliphatic carbocycles. The van der Waals surface area contributed by atoms with Crippen LogP contribution < -0.4 is 0 Å². The molecule has 0 spiro atoms. The number of rotatable bonds is 3. The molecule has 7 heteroatoms. The first-order chi connectivity index (χ1) is 8.11. The summed E-state index contributed by atoms with van der Waals surface area (Å²) >= 11 is 11.6. The van der Waals surface area contributed by atoms with Crippen LogP contribution in [0.25, 0.3) is 11.0 Å². The number of carbonyl (C=O) groups is 1. The predicted molar refractivity (Wildman–Crippen MR) is 64.2 cm³/mol. The van der Waals surface area contributed by atoms with Gasteiger partial charge in [0.05, 0.1) is 12.1 Å². The number of hydrogen-bond donors (Lipinski definition) is 0. The predicted octanol–water partition coefficient (Wildman–Crippen LogP) is 2.30. The van der Waals surface area contributed by atoms with Gasteiger partial charge in [-0.25, -0.2) is 9.97 Å². The summed E-state index contributed by atoms with van der Waals surface area (Å²) in [5, 5.41) is 0.297. The van der Waals surface area contributed by atoms with Gasteiger partial charge in [-0.3, -0.25) is 4.79 Å². The van der Waals surface area contributed by atoms with Crippen LogP contribution >= 0.6 is 23.2 Å². The molecule has 0 aliphatic heterocycles. The number of carbonyl (C=O) groups excluding carboxylic acids is 1. The first-order valence-corrected chi connectivity index (χ1v) is 5.71. The molecule has 5 nitrogen and oxygen atoms in total. The minimum Gasteiger partial charge on any atom is -0.465 e. The second kappa shape index (κ2) is 4.89. The third-order valence-corrected chi connectivity index (χ3v) is 2.58. The summed E-state index contributed by atoms with van der Waals surface area (Å²) in [5.41, 5.74) is 1.17. The summed E-state index contributed by atoms with van der Waals surface area (Å²) in [7, 11) is 0. The fraction of sp³-hybridized carbons (Fsp3) is 0.300. The van der Waals surface area contributed by atoms with Crippen molar-refractivity contribution in [1.29, 1.82) is 0 Å². The Kier molecular flexibility index (Phi) is 3.49. The topological polar surface area (TPSA) is 57.0 Å². The average Bonchev–Trinajstić information content (AvgIpc) is 2.61. The van der Waals surface area contributed by atoms with Crippen LogP contribution in [0.4, 0.5) is 0 Å². The van der Waals surface area contributed by atoms with Crippen LogP contribution in [-0.4, -0.2) is 27.1 Å². The van der Waals surface area contributed by atoms with Crippen molar-refractivity contribution in [1.82, 2.24) is 14.5 Å². The highest BCUT2D eigenvalue weighted by Crippen LogP contribution is 2.23. The molecule has 0 bridgehead atoms. The Hall–Kier alpha value is -1.33. The van der Waals surface area contributed by atoms with Crippen LogP contribution in [-0.2, 0) is 16.1 Å². The minimum absolute atomic E-state index is 0.0715. The molecular weight excluding hydrogens is 265 g/mol. The van der Waals surface area contributed by atoms with Gasteiger partial charge >= 0.3 is 5.97 Å². The molecule has 0 saturated carbocycles. The number of aromatic nitrogens is 3. The van der Waals surface area contributed by atoms with Gasteiger partial charge in [0.25, 0.3) is 0 Å². The van der Waals surface area contributed by atoms with E-state index in [1.54, 1.807) is 23.8 Å². The van der Waals surface area contributed by atoms with E-state index in [0.717, 1.165) is 0 Å². The third kappa shape index (κ3) is 2.50. The molecule has 2 heterocycles. The summed E-state index contributed by atoms with van der Waals surface area (Å²) in [5.74, 6) is -0.337. The number of fused-ring (bicyclic) bond motifs is 1. The zero-order chi connectivity index (χ0) is 12.4. The van der Waals surface area contributed by atoms with Gasteiger partial charge in [0.1, 0.15) is 12.1 Å². The lowest BCUT2D eigenvalue weighted by Gasteiger charge is -2.05. The molecule has 2 aromatic heterocycles. The van der Waals surface area contributed by atoms with E-state index in [2.05, 4.69) is 9.97 Å². The molecule has 0 aliphatic rings. The highest BCUT2D eigenvalue weighted by atomic mass is 35.5. The Morgan fingerprint density at radius 2 is 2.24 bits per heavy atom. The van der Waals surface area contributed by atoms with Gasteiger partial charge in [0, 0.05) is 6.20 Å². The molecule has 17 heavy (non-hydrogen) atoms. The van der Waals surface area contributed by atoms with Gasteiger partial charge in [-0.05, 0) is 24.6 Å². The fourth-order valence-corrected chi connectivity index (χ4v) is 2.02. The quantitative estimate of drug-likeness (QED) is 0.489. The lowest BCUT2D eigenvalue weighted by molar-refractivity contribution is -0.143.